The van der Waals surface area contributed by atoms with E-state index in [0.29, 0.717) is 0 Å². The van der Waals surface area contributed by atoms with E-state index in [1.165, 1.54) is 10.8 Å². The number of rotatable bonds is 6. The molecule has 0 amide bonds. The van der Waals surface area contributed by atoms with Crippen LogP contribution >= 0.6 is 0 Å². The molecule has 1 aliphatic heterocycles. The van der Waals surface area contributed by atoms with Gasteiger partial charge in [-0.3, -0.25) is 0 Å². The molecule has 2 heterocycles. The van der Waals surface area contributed by atoms with Gasteiger partial charge in [-0.05, 0) is 36.7 Å². The Balaban J connectivity index is 1.43. The highest BCUT2D eigenvalue weighted by Crippen LogP contribution is 2.31. The van der Waals surface area contributed by atoms with E-state index in [9.17, 15) is 5.11 Å². The van der Waals surface area contributed by atoms with Crippen LogP contribution in [0.25, 0.3) is 22.2 Å². The summed E-state index contributed by atoms with van der Waals surface area (Å²) in [6, 6.07) is 14.6. The van der Waals surface area contributed by atoms with E-state index < -0.39 is 0 Å². The summed E-state index contributed by atoms with van der Waals surface area (Å²) >= 11 is 0. The van der Waals surface area contributed by atoms with Crippen molar-refractivity contribution >= 4 is 10.8 Å². The van der Waals surface area contributed by atoms with Crippen molar-refractivity contribution in [2.45, 2.75) is 19.4 Å². The van der Waals surface area contributed by atoms with Gasteiger partial charge in [0.2, 0.25) is 0 Å². The molecule has 0 bridgehead atoms. The van der Waals surface area contributed by atoms with E-state index >= 15 is 0 Å². The second-order valence-electron chi connectivity index (χ2n) is 7.92. The fraction of sp³-hybridized carbons (Fsp3) is 0.391. The van der Waals surface area contributed by atoms with Crippen molar-refractivity contribution in [3.63, 3.8) is 0 Å². The third kappa shape index (κ3) is 4.22. The lowest BCUT2D eigenvalue weighted by Crippen LogP contribution is -2.42. The number of aromatic nitrogens is 2. The van der Waals surface area contributed by atoms with Crippen molar-refractivity contribution < 1.29 is 9.84 Å². The van der Waals surface area contributed by atoms with Crippen LogP contribution in [-0.2, 0) is 11.3 Å². The summed E-state index contributed by atoms with van der Waals surface area (Å²) < 4.78 is 5.46. The molecular weight excluding hydrogens is 350 g/mol. The van der Waals surface area contributed by atoms with Gasteiger partial charge >= 0.3 is 0 Å². The summed E-state index contributed by atoms with van der Waals surface area (Å²) in [4.78, 5) is 11.4. The predicted molar refractivity (Wildman–Crippen MR) is 111 cm³/mol. The summed E-state index contributed by atoms with van der Waals surface area (Å²) in [7, 11) is 2.09. The Morgan fingerprint density at radius 1 is 1.04 bits per heavy atom. The van der Waals surface area contributed by atoms with Gasteiger partial charge in [-0.15, -0.1) is 0 Å². The fourth-order valence-corrected chi connectivity index (χ4v) is 4.02. The zero-order valence-electron chi connectivity index (χ0n) is 16.3. The van der Waals surface area contributed by atoms with E-state index in [1.54, 1.807) is 0 Å². The van der Waals surface area contributed by atoms with Gasteiger partial charge in [0, 0.05) is 55.2 Å². The van der Waals surface area contributed by atoms with Crippen molar-refractivity contribution in [1.82, 2.24) is 14.9 Å². The van der Waals surface area contributed by atoms with Crippen molar-refractivity contribution in [3.05, 3.63) is 60.4 Å². The zero-order chi connectivity index (χ0) is 19.4. The Hall–Kier alpha value is -2.34. The molecule has 1 aliphatic rings. The minimum absolute atomic E-state index is 0.0567. The number of fused-ring (bicyclic) bond motifs is 1. The van der Waals surface area contributed by atoms with Crippen LogP contribution in [0.1, 0.15) is 18.4 Å². The number of hydrogen-bond acceptors (Lipinski definition) is 5. The Kier molecular flexibility index (Phi) is 5.67. The lowest BCUT2D eigenvalue weighted by atomic mass is 9.80. The minimum Gasteiger partial charge on any atom is -0.396 e. The molecule has 5 heteroatoms. The predicted octanol–water partition coefficient (Wildman–Crippen LogP) is 3.52. The van der Waals surface area contributed by atoms with Crippen molar-refractivity contribution in [3.8, 4) is 11.4 Å². The van der Waals surface area contributed by atoms with Gasteiger partial charge in [0.25, 0.3) is 0 Å². The molecule has 3 aromatic rings. The average molecular weight is 377 g/mol. The lowest BCUT2D eigenvalue weighted by Gasteiger charge is -2.38. The lowest BCUT2D eigenvalue weighted by molar-refractivity contribution is -0.0318. The van der Waals surface area contributed by atoms with Crippen LogP contribution in [0.3, 0.4) is 0 Å². The highest BCUT2D eigenvalue weighted by atomic mass is 16.5. The summed E-state index contributed by atoms with van der Waals surface area (Å²) in [6.45, 7) is 3.29. The van der Waals surface area contributed by atoms with E-state index in [-0.39, 0.29) is 12.0 Å². The summed E-state index contributed by atoms with van der Waals surface area (Å²) in [6.07, 6.45) is 5.63. The van der Waals surface area contributed by atoms with Crippen LogP contribution in [-0.4, -0.2) is 53.4 Å². The Morgan fingerprint density at radius 3 is 2.46 bits per heavy atom. The number of hydrogen-bond donors (Lipinski definition) is 1. The maximum absolute atomic E-state index is 9.89. The van der Waals surface area contributed by atoms with E-state index in [0.717, 1.165) is 56.1 Å². The highest BCUT2D eigenvalue weighted by molar-refractivity contribution is 5.86. The van der Waals surface area contributed by atoms with Crippen LogP contribution in [0.4, 0.5) is 0 Å². The number of aliphatic hydroxyl groups excluding tert-OH is 1. The molecular formula is C23H27N3O2. The van der Waals surface area contributed by atoms with E-state index in [2.05, 4.69) is 52.2 Å². The van der Waals surface area contributed by atoms with Gasteiger partial charge in [-0.2, -0.15) is 0 Å². The van der Waals surface area contributed by atoms with E-state index in [4.69, 9.17) is 4.74 Å². The first-order valence-electron chi connectivity index (χ1n) is 9.85. The number of nitrogens with zero attached hydrogens (tertiary/aromatic N) is 3. The molecule has 1 aromatic heterocycles. The molecule has 146 valence electrons. The molecule has 0 saturated carbocycles. The molecule has 0 atom stereocenters. The molecule has 5 nitrogen and oxygen atoms in total. The first kappa shape index (κ1) is 19.0. The molecule has 0 aliphatic carbocycles. The molecule has 2 aromatic carbocycles. The quantitative estimate of drug-likeness (QED) is 0.712. The van der Waals surface area contributed by atoms with Crippen molar-refractivity contribution in [2.24, 2.45) is 5.41 Å². The largest absolute Gasteiger partial charge is 0.396 e. The highest BCUT2D eigenvalue weighted by Gasteiger charge is 2.33. The number of benzene rings is 2. The average Bonchev–Trinajstić information content (AvgIpc) is 2.74. The molecule has 28 heavy (non-hydrogen) atoms. The van der Waals surface area contributed by atoms with Gasteiger partial charge < -0.3 is 14.7 Å². The van der Waals surface area contributed by atoms with E-state index in [1.807, 2.05) is 24.5 Å². The molecule has 1 fully saturated rings. The molecule has 0 radical (unpaired) electrons. The number of ether oxygens (including phenoxy) is 1. The maximum atomic E-state index is 9.89. The van der Waals surface area contributed by atoms with Crippen LogP contribution in [0.15, 0.2) is 54.9 Å². The molecule has 1 N–H and O–H groups in total. The summed E-state index contributed by atoms with van der Waals surface area (Å²) in [5.74, 6) is 0.744. The van der Waals surface area contributed by atoms with Gasteiger partial charge in [-0.1, -0.05) is 36.4 Å². The smallest absolute Gasteiger partial charge is 0.159 e. The van der Waals surface area contributed by atoms with Gasteiger partial charge in [-0.25, -0.2) is 9.97 Å². The van der Waals surface area contributed by atoms with Crippen molar-refractivity contribution in [1.29, 1.82) is 0 Å². The molecule has 1 saturated heterocycles. The molecule has 4 rings (SSSR count). The normalized spacial score (nSPS) is 16.5. The van der Waals surface area contributed by atoms with Crippen LogP contribution in [0.5, 0.6) is 0 Å². The minimum atomic E-state index is -0.0567. The van der Waals surface area contributed by atoms with Crippen LogP contribution in [0.2, 0.25) is 0 Å². The SMILES string of the molecule is CN(Cc1cnc(-c2ccc3ccccc3c2)nc1)CC1(CO)CCOCC1. The number of aliphatic hydroxyl groups is 1. The Labute approximate surface area is 166 Å². The standard InChI is InChI=1S/C23H27N3O2/c1-26(16-23(17-27)8-10-28-11-9-23)15-18-13-24-22(25-14-18)21-7-6-19-4-2-3-5-20(19)12-21/h2-7,12-14,27H,8-11,15-17H2,1H3. The topological polar surface area (TPSA) is 58.5 Å². The monoisotopic (exact) mass is 377 g/mol. The zero-order valence-corrected chi connectivity index (χ0v) is 16.3. The van der Waals surface area contributed by atoms with Gasteiger partial charge in [0.05, 0.1) is 6.61 Å². The molecule has 0 spiro atoms. The van der Waals surface area contributed by atoms with Crippen molar-refractivity contribution in [2.75, 3.05) is 33.4 Å². The third-order valence-corrected chi connectivity index (χ3v) is 5.66. The fourth-order valence-electron chi connectivity index (χ4n) is 4.02. The molecule has 0 unspecified atom stereocenters. The second kappa shape index (κ2) is 8.35. The third-order valence-electron chi connectivity index (χ3n) is 5.66. The van der Waals surface area contributed by atoms with Crippen LogP contribution in [0, 0.1) is 5.41 Å². The summed E-state index contributed by atoms with van der Waals surface area (Å²) in [5, 5.41) is 12.3. The van der Waals surface area contributed by atoms with Gasteiger partial charge in [0.1, 0.15) is 0 Å². The Bertz CT molecular complexity index is 921. The first-order chi connectivity index (χ1) is 13.7. The summed E-state index contributed by atoms with van der Waals surface area (Å²) in [5.41, 5.74) is 2.05. The maximum Gasteiger partial charge on any atom is 0.159 e. The Morgan fingerprint density at radius 2 is 1.75 bits per heavy atom. The first-order valence-corrected chi connectivity index (χ1v) is 9.85. The second-order valence-corrected chi connectivity index (χ2v) is 7.92. The van der Waals surface area contributed by atoms with Crippen LogP contribution < -0.4 is 0 Å². The van der Waals surface area contributed by atoms with Gasteiger partial charge in [0.15, 0.2) is 5.82 Å².